The zero-order valence-corrected chi connectivity index (χ0v) is 14.2. The molecule has 0 unspecified atom stereocenters. The topological polar surface area (TPSA) is 44.3 Å². The van der Waals surface area contributed by atoms with Crippen LogP contribution in [0.2, 0.25) is 0 Å². The van der Waals surface area contributed by atoms with E-state index in [2.05, 4.69) is 60.5 Å². The lowest BCUT2D eigenvalue weighted by Gasteiger charge is -2.23. The van der Waals surface area contributed by atoms with Gasteiger partial charge in [-0.25, -0.2) is 4.98 Å². The predicted octanol–water partition coefficient (Wildman–Crippen LogP) is 1.87. The van der Waals surface area contributed by atoms with Crippen molar-refractivity contribution in [3.63, 3.8) is 0 Å². The Morgan fingerprint density at radius 1 is 1.00 bits per heavy atom. The smallest absolute Gasteiger partial charge is 0.227 e. The number of aromatic nitrogens is 2. The first-order chi connectivity index (χ1) is 11.1. The van der Waals surface area contributed by atoms with Crippen molar-refractivity contribution in [2.45, 2.75) is 19.4 Å². The highest BCUT2D eigenvalue weighted by atomic mass is 15.3. The van der Waals surface area contributed by atoms with Crippen molar-refractivity contribution in [2.24, 2.45) is 0 Å². The number of fused-ring (bicyclic) bond motifs is 1. The fourth-order valence-electron chi connectivity index (χ4n) is 2.98. The zero-order chi connectivity index (χ0) is 16.2. The Morgan fingerprint density at radius 3 is 2.48 bits per heavy atom. The highest BCUT2D eigenvalue weighted by molar-refractivity contribution is 5.53. The average molecular weight is 311 g/mol. The average Bonchev–Trinajstić information content (AvgIpc) is 2.79. The first-order valence-corrected chi connectivity index (χ1v) is 8.18. The maximum absolute atomic E-state index is 4.86. The lowest BCUT2D eigenvalue weighted by atomic mass is 10.1. The SMILES string of the molecule is CN(C)c1nc(N(C)Cc2ccccc2)nc2c1CCNCC2. The van der Waals surface area contributed by atoms with Crippen LogP contribution in [0.25, 0.3) is 0 Å². The highest BCUT2D eigenvalue weighted by Crippen LogP contribution is 2.25. The number of benzene rings is 1. The van der Waals surface area contributed by atoms with Crippen LogP contribution in [-0.2, 0) is 19.4 Å². The van der Waals surface area contributed by atoms with E-state index in [1.54, 1.807) is 0 Å². The molecule has 1 aromatic heterocycles. The number of nitrogens with zero attached hydrogens (tertiary/aromatic N) is 4. The molecule has 2 aromatic rings. The lowest BCUT2D eigenvalue weighted by Crippen LogP contribution is -2.23. The molecule has 5 heteroatoms. The minimum absolute atomic E-state index is 0.804. The van der Waals surface area contributed by atoms with Crippen LogP contribution in [0.4, 0.5) is 11.8 Å². The molecule has 0 amide bonds. The molecule has 0 saturated carbocycles. The van der Waals surface area contributed by atoms with Crippen LogP contribution in [0.3, 0.4) is 0 Å². The summed E-state index contributed by atoms with van der Waals surface area (Å²) >= 11 is 0. The number of nitrogens with one attached hydrogen (secondary N) is 1. The Bertz CT molecular complexity index is 654. The van der Waals surface area contributed by atoms with E-state index >= 15 is 0 Å². The molecule has 0 radical (unpaired) electrons. The fraction of sp³-hybridized carbons (Fsp3) is 0.444. The molecule has 2 heterocycles. The summed E-state index contributed by atoms with van der Waals surface area (Å²) in [6, 6.07) is 10.4. The number of anilines is 2. The quantitative estimate of drug-likeness (QED) is 0.934. The van der Waals surface area contributed by atoms with Crippen molar-refractivity contribution in [3.05, 3.63) is 47.2 Å². The third kappa shape index (κ3) is 3.62. The third-order valence-electron chi connectivity index (χ3n) is 4.18. The first kappa shape index (κ1) is 15.7. The van der Waals surface area contributed by atoms with E-state index in [-0.39, 0.29) is 0 Å². The summed E-state index contributed by atoms with van der Waals surface area (Å²) in [6.45, 7) is 2.79. The minimum atomic E-state index is 0.804. The van der Waals surface area contributed by atoms with Crippen molar-refractivity contribution in [1.29, 1.82) is 0 Å². The molecule has 0 aliphatic carbocycles. The Labute approximate surface area is 138 Å². The molecule has 122 valence electrons. The molecule has 0 spiro atoms. The van der Waals surface area contributed by atoms with E-state index in [1.165, 1.54) is 16.8 Å². The number of hydrogen-bond donors (Lipinski definition) is 1. The van der Waals surface area contributed by atoms with Crippen molar-refractivity contribution in [1.82, 2.24) is 15.3 Å². The summed E-state index contributed by atoms with van der Waals surface area (Å²) in [5.74, 6) is 1.85. The summed E-state index contributed by atoms with van der Waals surface area (Å²) in [4.78, 5) is 13.9. The van der Waals surface area contributed by atoms with Crippen LogP contribution in [0.15, 0.2) is 30.3 Å². The van der Waals surface area contributed by atoms with E-state index in [0.29, 0.717) is 0 Å². The van der Waals surface area contributed by atoms with E-state index in [1.807, 2.05) is 6.07 Å². The van der Waals surface area contributed by atoms with Crippen LogP contribution in [-0.4, -0.2) is 44.2 Å². The summed E-state index contributed by atoms with van der Waals surface area (Å²) in [7, 11) is 6.17. The molecule has 1 aliphatic heterocycles. The van der Waals surface area contributed by atoms with Gasteiger partial charge in [-0.15, -0.1) is 0 Å². The second kappa shape index (κ2) is 6.96. The molecule has 0 fully saturated rings. The van der Waals surface area contributed by atoms with Crippen molar-refractivity contribution in [3.8, 4) is 0 Å². The molecule has 1 aromatic carbocycles. The van der Waals surface area contributed by atoms with E-state index in [0.717, 1.165) is 44.2 Å². The summed E-state index contributed by atoms with van der Waals surface area (Å²) in [5, 5.41) is 3.45. The molecular formula is C18H25N5. The van der Waals surface area contributed by atoms with Gasteiger partial charge in [-0.3, -0.25) is 0 Å². The summed E-state index contributed by atoms with van der Waals surface area (Å²) < 4.78 is 0. The van der Waals surface area contributed by atoms with Crippen LogP contribution in [0, 0.1) is 0 Å². The van der Waals surface area contributed by atoms with E-state index < -0.39 is 0 Å². The molecular weight excluding hydrogens is 286 g/mol. The van der Waals surface area contributed by atoms with Crippen LogP contribution in [0.5, 0.6) is 0 Å². The van der Waals surface area contributed by atoms with Gasteiger partial charge in [-0.2, -0.15) is 4.98 Å². The second-order valence-electron chi connectivity index (χ2n) is 6.26. The Hall–Kier alpha value is -2.14. The van der Waals surface area contributed by atoms with Gasteiger partial charge in [0.1, 0.15) is 5.82 Å². The molecule has 0 atom stereocenters. The van der Waals surface area contributed by atoms with Gasteiger partial charge in [0.25, 0.3) is 0 Å². The van der Waals surface area contributed by atoms with Gasteiger partial charge in [0.2, 0.25) is 5.95 Å². The molecule has 1 N–H and O–H groups in total. The predicted molar refractivity (Wildman–Crippen MR) is 95.2 cm³/mol. The largest absolute Gasteiger partial charge is 0.362 e. The normalized spacial score (nSPS) is 14.0. The molecule has 5 nitrogen and oxygen atoms in total. The number of hydrogen-bond acceptors (Lipinski definition) is 5. The third-order valence-corrected chi connectivity index (χ3v) is 4.18. The summed E-state index contributed by atoms with van der Waals surface area (Å²) in [6.07, 6.45) is 1.95. The standard InChI is InChI=1S/C18H25N5/c1-22(2)17-15-9-11-19-12-10-16(15)20-18(21-17)23(3)13-14-7-5-4-6-8-14/h4-8,19H,9-13H2,1-3H3. The number of rotatable bonds is 4. The minimum Gasteiger partial charge on any atom is -0.362 e. The molecule has 23 heavy (non-hydrogen) atoms. The Kier molecular flexibility index (Phi) is 4.76. The second-order valence-corrected chi connectivity index (χ2v) is 6.26. The van der Waals surface area contributed by atoms with Gasteiger partial charge in [0, 0.05) is 46.2 Å². The van der Waals surface area contributed by atoms with Gasteiger partial charge < -0.3 is 15.1 Å². The Morgan fingerprint density at radius 2 is 1.74 bits per heavy atom. The van der Waals surface area contributed by atoms with Crippen LogP contribution >= 0.6 is 0 Å². The van der Waals surface area contributed by atoms with Gasteiger partial charge >= 0.3 is 0 Å². The zero-order valence-electron chi connectivity index (χ0n) is 14.2. The maximum Gasteiger partial charge on any atom is 0.227 e. The van der Waals surface area contributed by atoms with Crippen LogP contribution < -0.4 is 15.1 Å². The molecule has 1 aliphatic rings. The van der Waals surface area contributed by atoms with Gasteiger partial charge in [-0.05, 0) is 18.5 Å². The van der Waals surface area contributed by atoms with Gasteiger partial charge in [0.05, 0.1) is 5.69 Å². The monoisotopic (exact) mass is 311 g/mol. The first-order valence-electron chi connectivity index (χ1n) is 8.18. The van der Waals surface area contributed by atoms with Crippen molar-refractivity contribution in [2.75, 3.05) is 44.0 Å². The Balaban J connectivity index is 1.92. The van der Waals surface area contributed by atoms with E-state index in [9.17, 15) is 0 Å². The van der Waals surface area contributed by atoms with Crippen LogP contribution in [0.1, 0.15) is 16.8 Å². The maximum atomic E-state index is 4.86. The summed E-state index contributed by atoms with van der Waals surface area (Å²) in [5.41, 5.74) is 3.74. The lowest BCUT2D eigenvalue weighted by molar-refractivity contribution is 0.708. The fourth-order valence-corrected chi connectivity index (χ4v) is 2.98. The highest BCUT2D eigenvalue weighted by Gasteiger charge is 2.19. The van der Waals surface area contributed by atoms with Gasteiger partial charge in [0.15, 0.2) is 0 Å². The molecule has 0 bridgehead atoms. The molecule has 3 rings (SSSR count). The van der Waals surface area contributed by atoms with Gasteiger partial charge in [-0.1, -0.05) is 30.3 Å². The molecule has 0 saturated heterocycles. The van der Waals surface area contributed by atoms with E-state index in [4.69, 9.17) is 9.97 Å². The van der Waals surface area contributed by atoms with Crippen molar-refractivity contribution >= 4 is 11.8 Å². The van der Waals surface area contributed by atoms with Crippen molar-refractivity contribution < 1.29 is 0 Å².